The Hall–Kier alpha value is -1.36. The lowest BCUT2D eigenvalue weighted by Crippen LogP contribution is -2.25. The Morgan fingerprint density at radius 3 is 2.94 bits per heavy atom. The first kappa shape index (κ1) is 13.7. The molecule has 17 heavy (non-hydrogen) atoms. The second-order valence-electron chi connectivity index (χ2n) is 3.56. The number of rotatable bonds is 7. The van der Waals surface area contributed by atoms with E-state index < -0.39 is 0 Å². The van der Waals surface area contributed by atoms with Gasteiger partial charge in [0.05, 0.1) is 17.9 Å². The summed E-state index contributed by atoms with van der Waals surface area (Å²) in [7, 11) is 0. The molecule has 0 aliphatic heterocycles. The van der Waals surface area contributed by atoms with Crippen molar-refractivity contribution < 1.29 is 14.3 Å². The summed E-state index contributed by atoms with van der Waals surface area (Å²) in [5.41, 5.74) is 0. The lowest BCUT2D eigenvalue weighted by molar-refractivity contribution is -0.143. The van der Waals surface area contributed by atoms with Gasteiger partial charge in [0.15, 0.2) is 0 Å². The van der Waals surface area contributed by atoms with Crippen molar-refractivity contribution in [1.82, 2.24) is 5.32 Å². The Morgan fingerprint density at radius 2 is 2.29 bits per heavy atom. The van der Waals surface area contributed by atoms with E-state index >= 15 is 0 Å². The van der Waals surface area contributed by atoms with Crippen LogP contribution in [-0.4, -0.2) is 25.0 Å². The molecule has 0 saturated carbocycles. The highest BCUT2D eigenvalue weighted by atomic mass is 32.1. The second-order valence-corrected chi connectivity index (χ2v) is 4.50. The fourth-order valence-electron chi connectivity index (χ4n) is 1.18. The molecule has 0 atom stereocenters. The van der Waals surface area contributed by atoms with Gasteiger partial charge in [-0.1, -0.05) is 19.4 Å². The van der Waals surface area contributed by atoms with E-state index in [0.717, 1.165) is 12.8 Å². The monoisotopic (exact) mass is 255 g/mol. The maximum absolute atomic E-state index is 11.5. The number of carbonyl (C=O) groups is 2. The summed E-state index contributed by atoms with van der Waals surface area (Å²) in [6, 6.07) is 3.57. The zero-order valence-electron chi connectivity index (χ0n) is 9.90. The zero-order chi connectivity index (χ0) is 12.5. The standard InChI is InChI=1S/C12H17NO3S/c1-2-3-8-16-11(14)6-7-13-12(15)10-5-4-9-17-10/h4-5,9H,2-3,6-8H2,1H3,(H,13,15). The number of amides is 1. The SMILES string of the molecule is CCCCOC(=O)CCNC(=O)c1cccs1. The molecule has 0 saturated heterocycles. The van der Waals surface area contributed by atoms with Crippen molar-refractivity contribution in [3.63, 3.8) is 0 Å². The van der Waals surface area contributed by atoms with Gasteiger partial charge in [0.2, 0.25) is 0 Å². The zero-order valence-corrected chi connectivity index (χ0v) is 10.7. The van der Waals surface area contributed by atoms with Crippen LogP contribution in [0.25, 0.3) is 0 Å². The molecule has 94 valence electrons. The molecule has 0 bridgehead atoms. The van der Waals surface area contributed by atoms with E-state index in [9.17, 15) is 9.59 Å². The van der Waals surface area contributed by atoms with Crippen molar-refractivity contribution in [3.8, 4) is 0 Å². The third kappa shape index (κ3) is 5.49. The first-order valence-electron chi connectivity index (χ1n) is 5.71. The van der Waals surface area contributed by atoms with E-state index in [1.807, 2.05) is 18.4 Å². The quantitative estimate of drug-likeness (QED) is 0.600. The number of carbonyl (C=O) groups excluding carboxylic acids is 2. The van der Waals surface area contributed by atoms with Crippen LogP contribution in [0, 0.1) is 0 Å². The summed E-state index contributed by atoms with van der Waals surface area (Å²) in [6.07, 6.45) is 2.11. The summed E-state index contributed by atoms with van der Waals surface area (Å²) < 4.78 is 4.97. The van der Waals surface area contributed by atoms with Crippen LogP contribution < -0.4 is 5.32 Å². The highest BCUT2D eigenvalue weighted by Gasteiger charge is 2.07. The molecular weight excluding hydrogens is 238 g/mol. The van der Waals surface area contributed by atoms with E-state index in [1.165, 1.54) is 11.3 Å². The van der Waals surface area contributed by atoms with Crippen molar-refractivity contribution in [2.24, 2.45) is 0 Å². The molecule has 1 amide bonds. The van der Waals surface area contributed by atoms with Crippen LogP contribution in [0.5, 0.6) is 0 Å². The van der Waals surface area contributed by atoms with Gasteiger partial charge in [-0.3, -0.25) is 9.59 Å². The van der Waals surface area contributed by atoms with Crippen molar-refractivity contribution >= 4 is 23.2 Å². The molecule has 1 aromatic rings. The topological polar surface area (TPSA) is 55.4 Å². The number of ether oxygens (including phenoxy) is 1. The fraction of sp³-hybridized carbons (Fsp3) is 0.500. The van der Waals surface area contributed by atoms with Crippen LogP contribution in [0.2, 0.25) is 0 Å². The minimum Gasteiger partial charge on any atom is -0.466 e. The number of unbranched alkanes of at least 4 members (excludes halogenated alkanes) is 1. The van der Waals surface area contributed by atoms with Crippen LogP contribution in [0.1, 0.15) is 35.9 Å². The minimum absolute atomic E-state index is 0.138. The van der Waals surface area contributed by atoms with Crippen LogP contribution in [0.4, 0.5) is 0 Å². The summed E-state index contributed by atoms with van der Waals surface area (Å²) in [6.45, 7) is 2.82. The van der Waals surface area contributed by atoms with Crippen molar-refractivity contribution in [2.75, 3.05) is 13.2 Å². The first-order valence-corrected chi connectivity index (χ1v) is 6.59. The highest BCUT2D eigenvalue weighted by molar-refractivity contribution is 7.12. The molecule has 0 unspecified atom stereocenters. The Bertz CT molecular complexity index is 349. The van der Waals surface area contributed by atoms with Crippen molar-refractivity contribution in [3.05, 3.63) is 22.4 Å². The second kappa shape index (κ2) is 7.84. The first-order chi connectivity index (χ1) is 8.24. The van der Waals surface area contributed by atoms with Gasteiger partial charge >= 0.3 is 5.97 Å². The third-order valence-electron chi connectivity index (χ3n) is 2.12. The van der Waals surface area contributed by atoms with Crippen LogP contribution in [0.3, 0.4) is 0 Å². The highest BCUT2D eigenvalue weighted by Crippen LogP contribution is 2.07. The molecule has 4 nitrogen and oxygen atoms in total. The smallest absolute Gasteiger partial charge is 0.307 e. The van der Waals surface area contributed by atoms with Gasteiger partial charge in [-0.05, 0) is 17.9 Å². The maximum atomic E-state index is 11.5. The van der Waals surface area contributed by atoms with Crippen LogP contribution in [-0.2, 0) is 9.53 Å². The van der Waals surface area contributed by atoms with Gasteiger partial charge in [0.1, 0.15) is 0 Å². The molecule has 0 aromatic carbocycles. The minimum atomic E-state index is -0.259. The number of nitrogens with one attached hydrogen (secondary N) is 1. The predicted octanol–water partition coefficient (Wildman–Crippen LogP) is 2.21. The third-order valence-corrected chi connectivity index (χ3v) is 2.99. The van der Waals surface area contributed by atoms with Gasteiger partial charge in [-0.2, -0.15) is 0 Å². The average Bonchev–Trinajstić information content (AvgIpc) is 2.82. The molecule has 0 spiro atoms. The number of hydrogen-bond acceptors (Lipinski definition) is 4. The van der Waals surface area contributed by atoms with Gasteiger partial charge in [-0.25, -0.2) is 0 Å². The van der Waals surface area contributed by atoms with E-state index in [-0.39, 0.29) is 18.3 Å². The summed E-state index contributed by atoms with van der Waals surface area (Å²) in [5, 5.41) is 4.52. The van der Waals surface area contributed by atoms with Crippen LogP contribution >= 0.6 is 11.3 Å². The van der Waals surface area contributed by atoms with Crippen molar-refractivity contribution in [2.45, 2.75) is 26.2 Å². The number of esters is 1. The molecule has 1 rings (SSSR count). The van der Waals surface area contributed by atoms with Gasteiger partial charge in [0, 0.05) is 6.54 Å². The Balaban J connectivity index is 2.11. The lowest BCUT2D eigenvalue weighted by Gasteiger charge is -2.04. The van der Waals surface area contributed by atoms with Crippen LogP contribution in [0.15, 0.2) is 17.5 Å². The fourth-order valence-corrected chi connectivity index (χ4v) is 1.82. The molecule has 1 heterocycles. The molecule has 0 aliphatic carbocycles. The molecule has 0 fully saturated rings. The maximum Gasteiger partial charge on any atom is 0.307 e. The summed E-state index contributed by atoms with van der Waals surface area (Å²) in [5.74, 6) is -0.397. The number of hydrogen-bond donors (Lipinski definition) is 1. The Labute approximate surface area is 105 Å². The van der Waals surface area contributed by atoms with E-state index in [4.69, 9.17) is 4.74 Å². The largest absolute Gasteiger partial charge is 0.466 e. The molecule has 1 N–H and O–H groups in total. The number of thiophene rings is 1. The molecular formula is C12H17NO3S. The van der Waals surface area contributed by atoms with Gasteiger partial charge in [0.25, 0.3) is 5.91 Å². The summed E-state index contributed by atoms with van der Waals surface area (Å²) >= 11 is 1.38. The summed E-state index contributed by atoms with van der Waals surface area (Å²) in [4.78, 5) is 23.4. The molecule has 0 radical (unpaired) electrons. The molecule has 5 heteroatoms. The lowest BCUT2D eigenvalue weighted by atomic mass is 10.3. The van der Waals surface area contributed by atoms with E-state index in [0.29, 0.717) is 18.0 Å². The molecule has 0 aliphatic rings. The average molecular weight is 255 g/mol. The van der Waals surface area contributed by atoms with E-state index in [2.05, 4.69) is 5.32 Å². The molecule has 1 aromatic heterocycles. The van der Waals surface area contributed by atoms with Gasteiger partial charge in [-0.15, -0.1) is 11.3 Å². The van der Waals surface area contributed by atoms with E-state index in [1.54, 1.807) is 6.07 Å². The Morgan fingerprint density at radius 1 is 1.47 bits per heavy atom. The van der Waals surface area contributed by atoms with Crippen molar-refractivity contribution in [1.29, 1.82) is 0 Å². The Kier molecular flexibility index (Phi) is 6.32. The predicted molar refractivity (Wildman–Crippen MR) is 67.1 cm³/mol. The van der Waals surface area contributed by atoms with Gasteiger partial charge < -0.3 is 10.1 Å². The normalized spacial score (nSPS) is 9.94.